The molecule has 192 valence electrons. The zero-order valence-electron chi connectivity index (χ0n) is 20.1. The van der Waals surface area contributed by atoms with Gasteiger partial charge in [-0.25, -0.2) is 5.10 Å². The number of carbonyl (C=O) groups is 1. The third-order valence-corrected chi connectivity index (χ3v) is 6.12. The molecular weight excluding hydrogens is 472 g/mol. The average Bonchev–Trinajstić information content (AvgIpc) is 3.36. The van der Waals surface area contributed by atoms with Crippen molar-refractivity contribution in [2.45, 2.75) is 51.4 Å². The number of benzene rings is 1. The summed E-state index contributed by atoms with van der Waals surface area (Å²) in [7, 11) is 0. The van der Waals surface area contributed by atoms with Crippen molar-refractivity contribution < 1.29 is 22.8 Å². The zero-order chi connectivity index (χ0) is 25.5. The topological polar surface area (TPSA) is 114 Å². The Labute approximate surface area is 206 Å². The molecule has 1 aromatic carbocycles. The van der Waals surface area contributed by atoms with Gasteiger partial charge in [0.1, 0.15) is 0 Å². The van der Waals surface area contributed by atoms with Crippen molar-refractivity contribution in [1.82, 2.24) is 20.3 Å². The summed E-state index contributed by atoms with van der Waals surface area (Å²) in [5.74, 6) is -3.65. The van der Waals surface area contributed by atoms with Crippen molar-refractivity contribution in [1.29, 1.82) is 0 Å². The highest BCUT2D eigenvalue weighted by Crippen LogP contribution is 2.28. The number of amides is 1. The molecule has 0 saturated carbocycles. The minimum absolute atomic E-state index is 0.0486. The molecule has 0 aliphatic carbocycles. The molecule has 0 radical (unpaired) electrons. The Bertz CT molecular complexity index is 1220. The average molecular weight is 502 g/mol. The normalized spacial score (nSPS) is 14.6. The number of hydrogen-bond acceptors (Lipinski definition) is 7. The van der Waals surface area contributed by atoms with Crippen LogP contribution in [0.3, 0.4) is 0 Å². The van der Waals surface area contributed by atoms with Crippen LogP contribution >= 0.6 is 0 Å². The van der Waals surface area contributed by atoms with Gasteiger partial charge >= 0.3 is 5.92 Å². The molecule has 0 bridgehead atoms. The van der Waals surface area contributed by atoms with E-state index in [2.05, 4.69) is 24.9 Å². The lowest BCUT2D eigenvalue weighted by molar-refractivity contribution is -0.125. The maximum Gasteiger partial charge on any atom is 0.322 e. The van der Waals surface area contributed by atoms with E-state index < -0.39 is 11.8 Å². The SMILES string of the molecule is CC(F)(F)c1nc(CCCCCN(C(=O)C2CCOCC2)c2cccc(-c3cn[nH]c(=O)c3)c2)no1. The first-order valence-corrected chi connectivity index (χ1v) is 12.1. The fourth-order valence-electron chi connectivity index (χ4n) is 4.18. The van der Waals surface area contributed by atoms with Crippen molar-refractivity contribution in [3.8, 4) is 11.1 Å². The number of rotatable bonds is 10. The van der Waals surface area contributed by atoms with Crippen molar-refractivity contribution in [3.63, 3.8) is 0 Å². The van der Waals surface area contributed by atoms with E-state index in [0.29, 0.717) is 57.4 Å². The molecule has 0 atom stereocenters. The van der Waals surface area contributed by atoms with Gasteiger partial charge in [0.05, 0.1) is 6.20 Å². The molecular formula is C25H29F2N5O4. The number of ether oxygens (including phenoxy) is 1. The van der Waals surface area contributed by atoms with E-state index in [0.717, 1.165) is 24.6 Å². The van der Waals surface area contributed by atoms with Crippen LogP contribution in [0.15, 0.2) is 45.8 Å². The van der Waals surface area contributed by atoms with Gasteiger partial charge in [-0.3, -0.25) is 9.59 Å². The number of carbonyl (C=O) groups excluding carboxylic acids is 1. The minimum Gasteiger partial charge on any atom is -0.381 e. The minimum atomic E-state index is -3.16. The Morgan fingerprint density at radius 1 is 1.17 bits per heavy atom. The first kappa shape index (κ1) is 25.6. The quantitative estimate of drug-likeness (QED) is 0.416. The fourth-order valence-corrected chi connectivity index (χ4v) is 4.18. The summed E-state index contributed by atoms with van der Waals surface area (Å²) in [6.45, 7) is 2.34. The predicted molar refractivity (Wildman–Crippen MR) is 128 cm³/mol. The molecule has 3 aromatic rings. The Kier molecular flexibility index (Phi) is 8.19. The van der Waals surface area contributed by atoms with E-state index in [1.165, 1.54) is 6.07 Å². The lowest BCUT2D eigenvalue weighted by atomic mass is 9.97. The number of aromatic nitrogens is 4. The highest BCUT2D eigenvalue weighted by molar-refractivity contribution is 5.95. The van der Waals surface area contributed by atoms with Crippen LogP contribution in [-0.2, 0) is 21.9 Å². The monoisotopic (exact) mass is 501 g/mol. The second-order valence-corrected chi connectivity index (χ2v) is 8.98. The van der Waals surface area contributed by atoms with Gasteiger partial charge in [-0.15, -0.1) is 0 Å². The summed E-state index contributed by atoms with van der Waals surface area (Å²) < 4.78 is 36.6. The van der Waals surface area contributed by atoms with Crippen LogP contribution in [0.4, 0.5) is 14.5 Å². The molecule has 1 aliphatic rings. The number of H-pyrrole nitrogens is 1. The van der Waals surface area contributed by atoms with Crippen LogP contribution < -0.4 is 10.5 Å². The Hall–Kier alpha value is -3.47. The highest BCUT2D eigenvalue weighted by atomic mass is 19.3. The second kappa shape index (κ2) is 11.5. The number of aryl methyl sites for hydroxylation is 1. The van der Waals surface area contributed by atoms with Crippen molar-refractivity contribution in [3.05, 3.63) is 58.6 Å². The third-order valence-electron chi connectivity index (χ3n) is 6.12. The molecule has 2 aromatic heterocycles. The van der Waals surface area contributed by atoms with E-state index in [-0.39, 0.29) is 23.2 Å². The molecule has 11 heteroatoms. The summed E-state index contributed by atoms with van der Waals surface area (Å²) in [4.78, 5) is 30.7. The standard InChI is InChI=1S/C25H29F2N5O4/c1-25(26,27)24-29-21(31-36-24)8-3-2-4-11-32(23(34)17-9-12-35-13-10-17)20-7-5-6-18(14-20)19-15-22(33)30-28-16-19/h5-7,14-17H,2-4,8-13H2,1H3,(H,30,33). The van der Waals surface area contributed by atoms with Gasteiger partial charge < -0.3 is 14.2 Å². The van der Waals surface area contributed by atoms with E-state index >= 15 is 0 Å². The predicted octanol–water partition coefficient (Wildman–Crippen LogP) is 4.10. The number of nitrogens with zero attached hydrogens (tertiary/aromatic N) is 4. The summed E-state index contributed by atoms with van der Waals surface area (Å²) in [5, 5.41) is 9.85. The highest BCUT2D eigenvalue weighted by Gasteiger charge is 2.32. The number of aromatic amines is 1. The van der Waals surface area contributed by atoms with Gasteiger partial charge in [0.2, 0.25) is 5.91 Å². The molecule has 1 aliphatic heterocycles. The van der Waals surface area contributed by atoms with Crippen LogP contribution in [0.1, 0.15) is 50.7 Å². The number of hydrogen-bond donors (Lipinski definition) is 1. The van der Waals surface area contributed by atoms with Gasteiger partial charge in [0.25, 0.3) is 11.4 Å². The lowest BCUT2D eigenvalue weighted by Gasteiger charge is -2.30. The maximum absolute atomic E-state index is 13.5. The van der Waals surface area contributed by atoms with Gasteiger partial charge in [0.15, 0.2) is 5.82 Å². The largest absolute Gasteiger partial charge is 0.381 e. The van der Waals surface area contributed by atoms with Gasteiger partial charge in [-0.2, -0.15) is 18.9 Å². The Morgan fingerprint density at radius 2 is 1.97 bits per heavy atom. The third kappa shape index (κ3) is 6.60. The first-order chi connectivity index (χ1) is 17.3. The van der Waals surface area contributed by atoms with Crippen LogP contribution in [0.2, 0.25) is 0 Å². The van der Waals surface area contributed by atoms with Gasteiger partial charge in [-0.05, 0) is 43.4 Å². The number of alkyl halides is 2. The molecule has 1 fully saturated rings. The molecule has 36 heavy (non-hydrogen) atoms. The van der Waals surface area contributed by atoms with Crippen molar-refractivity contribution in [2.75, 3.05) is 24.7 Å². The van der Waals surface area contributed by atoms with Crippen LogP contribution in [-0.4, -0.2) is 46.0 Å². The smallest absolute Gasteiger partial charge is 0.322 e. The van der Waals surface area contributed by atoms with Crippen LogP contribution in [0.5, 0.6) is 0 Å². The summed E-state index contributed by atoms with van der Waals surface area (Å²) in [5.41, 5.74) is 1.90. The fraction of sp³-hybridized carbons (Fsp3) is 0.480. The number of anilines is 1. The molecule has 4 rings (SSSR count). The molecule has 0 spiro atoms. The lowest BCUT2D eigenvalue weighted by Crippen LogP contribution is -2.39. The molecule has 9 nitrogen and oxygen atoms in total. The van der Waals surface area contributed by atoms with Crippen molar-refractivity contribution >= 4 is 11.6 Å². The Morgan fingerprint density at radius 3 is 2.69 bits per heavy atom. The van der Waals surface area contributed by atoms with Crippen LogP contribution in [0, 0.1) is 5.92 Å². The number of halogens is 2. The molecule has 1 amide bonds. The summed E-state index contributed by atoms with van der Waals surface area (Å²) in [6.07, 6.45) is 5.47. The molecule has 3 heterocycles. The van der Waals surface area contributed by atoms with Gasteiger partial charge in [0, 0.05) is 56.3 Å². The molecule has 0 unspecified atom stereocenters. The summed E-state index contributed by atoms with van der Waals surface area (Å²) in [6, 6.07) is 8.96. The number of nitrogens with one attached hydrogen (secondary N) is 1. The molecule has 1 N–H and O–H groups in total. The van der Waals surface area contributed by atoms with Crippen molar-refractivity contribution in [2.24, 2.45) is 5.92 Å². The first-order valence-electron chi connectivity index (χ1n) is 12.1. The second-order valence-electron chi connectivity index (χ2n) is 8.98. The summed E-state index contributed by atoms with van der Waals surface area (Å²) >= 11 is 0. The van der Waals surface area contributed by atoms with Crippen LogP contribution in [0.25, 0.3) is 11.1 Å². The Balaban J connectivity index is 1.43. The van der Waals surface area contributed by atoms with E-state index in [1.807, 2.05) is 24.3 Å². The molecule has 1 saturated heterocycles. The van der Waals surface area contributed by atoms with Gasteiger partial charge in [-0.1, -0.05) is 23.7 Å². The maximum atomic E-state index is 13.5. The van der Waals surface area contributed by atoms with E-state index in [4.69, 9.17) is 4.74 Å². The van der Waals surface area contributed by atoms with E-state index in [1.54, 1.807) is 11.1 Å². The zero-order valence-corrected chi connectivity index (χ0v) is 20.1. The number of unbranched alkanes of at least 4 members (excludes halogenated alkanes) is 2. The van der Waals surface area contributed by atoms with E-state index in [9.17, 15) is 18.4 Å².